The molecule has 2 aromatic carbocycles. The summed E-state index contributed by atoms with van der Waals surface area (Å²) in [6.07, 6.45) is 7.05. The normalized spacial score (nSPS) is 11.6. The molecule has 2 N–H and O–H groups in total. The van der Waals surface area contributed by atoms with Crippen LogP contribution >= 0.6 is 11.3 Å². The monoisotopic (exact) mass is 526 g/mol. The van der Waals surface area contributed by atoms with Gasteiger partial charge in [-0.1, -0.05) is 6.07 Å². The highest BCUT2D eigenvalue weighted by molar-refractivity contribution is 7.15. The van der Waals surface area contributed by atoms with E-state index in [4.69, 9.17) is 19.9 Å². The number of hydrogen-bond donors (Lipinski definition) is 2. The molecule has 39 heavy (non-hydrogen) atoms. The lowest BCUT2D eigenvalue weighted by Gasteiger charge is -2.10. The molecular formula is C32H26N6S. The molecule has 0 saturated carbocycles. The number of aromatic nitrogens is 6. The molecule has 0 unspecified atom stereocenters. The summed E-state index contributed by atoms with van der Waals surface area (Å²) in [5, 5.41) is 0. The minimum Gasteiger partial charge on any atom is -0.359 e. The van der Waals surface area contributed by atoms with Crippen molar-refractivity contribution in [2.75, 3.05) is 0 Å². The lowest BCUT2D eigenvalue weighted by atomic mass is 9.99. The molecule has 0 amide bonds. The molecular weight excluding hydrogens is 500 g/mol. The van der Waals surface area contributed by atoms with Gasteiger partial charge in [0, 0.05) is 68.2 Å². The standard InChI is InChI=1S/C32H26N6S/c1-17-5-11-25(37-17)21-7-9-23(31-29(21)33-13-15-35-31)27-19(3)20(4)28(38-27)24-10-8-22(26-12-6-18(2)39-26)30-32(24)36-16-14-34-30/h5-16,37-38H,1-4H3. The van der Waals surface area contributed by atoms with Crippen molar-refractivity contribution >= 4 is 33.4 Å². The molecule has 0 bridgehead atoms. The molecule has 5 heterocycles. The molecule has 0 aliphatic carbocycles. The molecule has 7 heteroatoms. The van der Waals surface area contributed by atoms with E-state index in [1.165, 1.54) is 20.9 Å². The Hall–Kier alpha value is -4.62. The average molecular weight is 527 g/mol. The van der Waals surface area contributed by atoms with Crippen LogP contribution in [-0.2, 0) is 0 Å². The zero-order chi connectivity index (χ0) is 26.7. The fourth-order valence-electron chi connectivity index (χ4n) is 5.40. The van der Waals surface area contributed by atoms with Gasteiger partial charge in [-0.3, -0.25) is 19.9 Å². The van der Waals surface area contributed by atoms with E-state index in [1.807, 2.05) is 0 Å². The van der Waals surface area contributed by atoms with E-state index in [-0.39, 0.29) is 0 Å². The molecule has 0 spiro atoms. The van der Waals surface area contributed by atoms with Gasteiger partial charge in [-0.15, -0.1) is 11.3 Å². The number of aryl methyl sites for hydroxylation is 2. The Kier molecular flexibility index (Phi) is 5.42. The van der Waals surface area contributed by atoms with Crippen LogP contribution in [0.1, 0.15) is 21.7 Å². The number of nitrogens with one attached hydrogen (secondary N) is 2. The maximum absolute atomic E-state index is 4.80. The van der Waals surface area contributed by atoms with Crippen molar-refractivity contribution in [1.29, 1.82) is 0 Å². The van der Waals surface area contributed by atoms with E-state index >= 15 is 0 Å². The third-order valence-corrected chi connectivity index (χ3v) is 8.51. The van der Waals surface area contributed by atoms with Gasteiger partial charge >= 0.3 is 0 Å². The zero-order valence-corrected chi connectivity index (χ0v) is 22.9. The fraction of sp³-hybridized carbons (Fsp3) is 0.125. The van der Waals surface area contributed by atoms with Gasteiger partial charge in [-0.2, -0.15) is 0 Å². The van der Waals surface area contributed by atoms with Crippen molar-refractivity contribution in [3.8, 4) is 44.2 Å². The van der Waals surface area contributed by atoms with Crippen LogP contribution < -0.4 is 0 Å². The third kappa shape index (κ3) is 3.77. The van der Waals surface area contributed by atoms with Crippen molar-refractivity contribution < 1.29 is 0 Å². The quantitative estimate of drug-likeness (QED) is 0.242. The van der Waals surface area contributed by atoms with Crippen LogP contribution in [-0.4, -0.2) is 29.9 Å². The Morgan fingerprint density at radius 1 is 0.513 bits per heavy atom. The highest BCUT2D eigenvalue weighted by Crippen LogP contribution is 2.41. The largest absolute Gasteiger partial charge is 0.359 e. The summed E-state index contributed by atoms with van der Waals surface area (Å²) in [5.41, 5.74) is 14.3. The van der Waals surface area contributed by atoms with Crippen molar-refractivity contribution in [2.24, 2.45) is 0 Å². The summed E-state index contributed by atoms with van der Waals surface area (Å²) in [4.78, 5) is 28.7. The van der Waals surface area contributed by atoms with Gasteiger partial charge in [0.2, 0.25) is 0 Å². The van der Waals surface area contributed by atoms with Gasteiger partial charge < -0.3 is 9.97 Å². The summed E-state index contributed by atoms with van der Waals surface area (Å²) in [6, 6.07) is 17.1. The van der Waals surface area contributed by atoms with Crippen LogP contribution in [0.4, 0.5) is 0 Å². The fourth-order valence-corrected chi connectivity index (χ4v) is 6.29. The van der Waals surface area contributed by atoms with Crippen molar-refractivity contribution in [3.05, 3.63) is 95.0 Å². The minimum absolute atomic E-state index is 0.867. The number of thiophene rings is 1. The number of nitrogens with zero attached hydrogens (tertiary/aromatic N) is 4. The summed E-state index contributed by atoms with van der Waals surface area (Å²) in [5.74, 6) is 0. The molecule has 7 aromatic rings. The maximum Gasteiger partial charge on any atom is 0.0986 e. The van der Waals surface area contributed by atoms with Gasteiger partial charge in [0.15, 0.2) is 0 Å². The molecule has 7 rings (SSSR count). The van der Waals surface area contributed by atoms with Crippen LogP contribution in [0, 0.1) is 27.7 Å². The summed E-state index contributed by atoms with van der Waals surface area (Å²) >= 11 is 1.78. The first-order valence-electron chi connectivity index (χ1n) is 12.9. The molecule has 0 radical (unpaired) electrons. The maximum atomic E-state index is 4.80. The first kappa shape index (κ1) is 23.5. The van der Waals surface area contributed by atoms with Gasteiger partial charge in [-0.25, -0.2) is 0 Å². The SMILES string of the molecule is Cc1ccc(-c2ccc(-c3[nH]c(-c4ccc(-c5ccc(C)s5)c5nccnc45)c(C)c3C)c3nccnc23)[nH]1. The molecule has 0 fully saturated rings. The van der Waals surface area contributed by atoms with Crippen molar-refractivity contribution in [3.63, 3.8) is 0 Å². The summed E-state index contributed by atoms with van der Waals surface area (Å²) in [7, 11) is 0. The second-order valence-corrected chi connectivity index (χ2v) is 11.2. The van der Waals surface area contributed by atoms with E-state index in [2.05, 4.69) is 86.2 Å². The van der Waals surface area contributed by atoms with Gasteiger partial charge in [0.25, 0.3) is 0 Å². The molecule has 0 aliphatic rings. The first-order valence-corrected chi connectivity index (χ1v) is 13.7. The number of rotatable bonds is 4. The van der Waals surface area contributed by atoms with Crippen LogP contribution in [0.5, 0.6) is 0 Å². The van der Waals surface area contributed by atoms with E-state index in [0.29, 0.717) is 0 Å². The number of fused-ring (bicyclic) bond motifs is 2. The predicted molar refractivity (Wildman–Crippen MR) is 160 cm³/mol. The third-order valence-electron chi connectivity index (χ3n) is 7.48. The number of aromatic amines is 2. The van der Waals surface area contributed by atoms with E-state index in [9.17, 15) is 0 Å². The lowest BCUT2D eigenvalue weighted by Crippen LogP contribution is -1.93. The van der Waals surface area contributed by atoms with Crippen LogP contribution in [0.15, 0.2) is 73.3 Å². The number of benzene rings is 2. The van der Waals surface area contributed by atoms with Gasteiger partial charge in [-0.05, 0) is 81.3 Å². The van der Waals surface area contributed by atoms with E-state index < -0.39 is 0 Å². The second-order valence-electron chi connectivity index (χ2n) is 9.92. The first-order chi connectivity index (χ1) is 19.0. The van der Waals surface area contributed by atoms with Gasteiger partial charge in [0.1, 0.15) is 0 Å². The molecule has 0 aliphatic heterocycles. The van der Waals surface area contributed by atoms with Gasteiger partial charge in [0.05, 0.1) is 33.5 Å². The average Bonchev–Trinajstić information content (AvgIpc) is 3.67. The second kappa shape index (κ2) is 8.99. The van der Waals surface area contributed by atoms with Crippen LogP contribution in [0.25, 0.3) is 66.3 Å². The Bertz CT molecular complexity index is 1880. The molecule has 190 valence electrons. The number of H-pyrrole nitrogens is 2. The predicted octanol–water partition coefficient (Wildman–Crippen LogP) is 8.19. The zero-order valence-electron chi connectivity index (χ0n) is 22.1. The molecule has 6 nitrogen and oxygen atoms in total. The van der Waals surface area contributed by atoms with Crippen LogP contribution in [0.3, 0.4) is 0 Å². The summed E-state index contributed by atoms with van der Waals surface area (Å²) < 4.78 is 0. The number of hydrogen-bond acceptors (Lipinski definition) is 5. The topological polar surface area (TPSA) is 83.1 Å². The lowest BCUT2D eigenvalue weighted by molar-refractivity contribution is 1.25. The highest BCUT2D eigenvalue weighted by atomic mass is 32.1. The minimum atomic E-state index is 0.867. The van der Waals surface area contributed by atoms with Crippen molar-refractivity contribution in [1.82, 2.24) is 29.9 Å². The smallest absolute Gasteiger partial charge is 0.0986 e. The molecule has 0 saturated heterocycles. The summed E-state index contributed by atoms with van der Waals surface area (Å²) in [6.45, 7) is 8.50. The van der Waals surface area contributed by atoms with E-state index in [0.717, 1.165) is 67.1 Å². The van der Waals surface area contributed by atoms with Crippen molar-refractivity contribution in [2.45, 2.75) is 27.7 Å². The Labute approximate surface area is 229 Å². The highest BCUT2D eigenvalue weighted by Gasteiger charge is 2.21. The Morgan fingerprint density at radius 3 is 1.54 bits per heavy atom. The Morgan fingerprint density at radius 2 is 1.03 bits per heavy atom. The Balaban J connectivity index is 1.41. The van der Waals surface area contributed by atoms with Crippen LogP contribution in [0.2, 0.25) is 0 Å². The molecule has 5 aromatic heterocycles. The molecule has 0 atom stereocenters. The van der Waals surface area contributed by atoms with E-state index in [1.54, 1.807) is 36.1 Å².